The summed E-state index contributed by atoms with van der Waals surface area (Å²) in [5.74, 6) is -1.82. The molecule has 2 aromatic carbocycles. The number of amides is 1. The number of ether oxygens (including phenoxy) is 1. The van der Waals surface area contributed by atoms with Crippen LogP contribution in [0.3, 0.4) is 0 Å². The minimum atomic E-state index is -0.974. The quantitative estimate of drug-likeness (QED) is 0.643. The Morgan fingerprint density at radius 3 is 2.48 bits per heavy atom. The molecule has 1 aromatic heterocycles. The zero-order valence-corrected chi connectivity index (χ0v) is 14.8. The van der Waals surface area contributed by atoms with Crippen LogP contribution in [-0.4, -0.2) is 18.0 Å². The first-order chi connectivity index (χ1) is 13.0. The Bertz CT molecular complexity index is 998. The van der Waals surface area contributed by atoms with E-state index in [4.69, 9.17) is 16.3 Å². The fourth-order valence-electron chi connectivity index (χ4n) is 2.32. The first kappa shape index (κ1) is 18.6. The molecule has 8 heteroatoms. The second-order valence-corrected chi connectivity index (χ2v) is 5.93. The van der Waals surface area contributed by atoms with Gasteiger partial charge in [0.1, 0.15) is 5.75 Å². The second-order valence-electron chi connectivity index (χ2n) is 5.52. The number of nitrogens with zero attached hydrogens (tertiary/aromatic N) is 1. The van der Waals surface area contributed by atoms with Gasteiger partial charge in [0.2, 0.25) is 0 Å². The van der Waals surface area contributed by atoms with Crippen LogP contribution in [0.25, 0.3) is 0 Å². The number of nitrogens with one attached hydrogen (secondary N) is 2. The van der Waals surface area contributed by atoms with E-state index in [0.717, 1.165) is 12.1 Å². The van der Waals surface area contributed by atoms with Crippen LogP contribution in [0.5, 0.6) is 5.75 Å². The van der Waals surface area contributed by atoms with Crippen LogP contribution in [0.15, 0.2) is 54.9 Å². The Balaban J connectivity index is 1.75. The summed E-state index contributed by atoms with van der Waals surface area (Å²) in [6.07, 6.45) is 2.85. The van der Waals surface area contributed by atoms with E-state index in [1.165, 1.54) is 31.6 Å². The highest BCUT2D eigenvalue weighted by Crippen LogP contribution is 2.27. The van der Waals surface area contributed by atoms with Crippen molar-refractivity contribution < 1.29 is 18.3 Å². The molecule has 27 heavy (non-hydrogen) atoms. The number of benzene rings is 2. The first-order valence-corrected chi connectivity index (χ1v) is 8.16. The van der Waals surface area contributed by atoms with Crippen molar-refractivity contribution in [1.82, 2.24) is 4.98 Å². The largest absolute Gasteiger partial charge is 0.495 e. The number of rotatable bonds is 5. The van der Waals surface area contributed by atoms with E-state index in [1.807, 2.05) is 0 Å². The van der Waals surface area contributed by atoms with E-state index >= 15 is 0 Å². The number of halogens is 3. The van der Waals surface area contributed by atoms with Crippen molar-refractivity contribution >= 4 is 34.6 Å². The van der Waals surface area contributed by atoms with Crippen molar-refractivity contribution in [3.05, 3.63) is 77.1 Å². The molecule has 0 spiro atoms. The predicted octanol–water partition coefficient (Wildman–Crippen LogP) is 5.02. The topological polar surface area (TPSA) is 63.2 Å². The van der Waals surface area contributed by atoms with Crippen LogP contribution in [-0.2, 0) is 0 Å². The summed E-state index contributed by atoms with van der Waals surface area (Å²) in [7, 11) is 1.50. The van der Waals surface area contributed by atoms with E-state index in [0.29, 0.717) is 27.8 Å². The average molecular weight is 390 g/mol. The normalized spacial score (nSPS) is 10.4. The van der Waals surface area contributed by atoms with Gasteiger partial charge in [-0.25, -0.2) is 8.78 Å². The molecule has 0 atom stereocenters. The van der Waals surface area contributed by atoms with Gasteiger partial charge >= 0.3 is 0 Å². The molecule has 0 bridgehead atoms. The lowest BCUT2D eigenvalue weighted by Crippen LogP contribution is -2.12. The highest BCUT2D eigenvalue weighted by Gasteiger charge is 2.10. The van der Waals surface area contributed by atoms with Crippen molar-refractivity contribution in [1.29, 1.82) is 0 Å². The molecule has 3 rings (SSSR count). The molecule has 3 aromatic rings. The third-order valence-electron chi connectivity index (χ3n) is 3.62. The van der Waals surface area contributed by atoms with Crippen LogP contribution in [0.4, 0.5) is 25.8 Å². The molecule has 2 N–H and O–H groups in total. The summed E-state index contributed by atoms with van der Waals surface area (Å²) in [4.78, 5) is 16.4. The minimum Gasteiger partial charge on any atom is -0.495 e. The molecule has 0 aliphatic rings. The van der Waals surface area contributed by atoms with E-state index in [1.54, 1.807) is 18.2 Å². The van der Waals surface area contributed by atoms with Gasteiger partial charge in [0.15, 0.2) is 11.6 Å². The number of hydrogen-bond donors (Lipinski definition) is 2. The number of carbonyl (C=O) groups is 1. The number of anilines is 3. The maximum absolute atomic E-state index is 13.3. The number of methoxy groups -OCH3 is 1. The van der Waals surface area contributed by atoms with E-state index < -0.39 is 17.5 Å². The summed E-state index contributed by atoms with van der Waals surface area (Å²) >= 11 is 6.04. The summed E-state index contributed by atoms with van der Waals surface area (Å²) in [5.41, 5.74) is 1.54. The molecule has 1 heterocycles. The summed E-state index contributed by atoms with van der Waals surface area (Å²) < 4.78 is 31.4. The molecular weight excluding hydrogens is 376 g/mol. The van der Waals surface area contributed by atoms with Gasteiger partial charge in [-0.1, -0.05) is 11.6 Å². The molecule has 5 nitrogen and oxygen atoms in total. The highest BCUT2D eigenvalue weighted by molar-refractivity contribution is 6.32. The van der Waals surface area contributed by atoms with Crippen molar-refractivity contribution in [2.24, 2.45) is 0 Å². The molecule has 0 saturated heterocycles. The zero-order chi connectivity index (χ0) is 19.4. The lowest BCUT2D eigenvalue weighted by atomic mass is 10.2. The maximum atomic E-state index is 13.3. The number of carbonyl (C=O) groups excluding carboxylic acids is 1. The Labute approximate surface area is 159 Å². The molecule has 0 fully saturated rings. The smallest absolute Gasteiger partial charge is 0.257 e. The van der Waals surface area contributed by atoms with Crippen LogP contribution in [0.1, 0.15) is 10.4 Å². The molecular formula is C19H14ClF2N3O2. The number of hydrogen-bond acceptors (Lipinski definition) is 4. The van der Waals surface area contributed by atoms with Crippen LogP contribution >= 0.6 is 11.6 Å². The monoisotopic (exact) mass is 389 g/mol. The molecule has 0 aliphatic carbocycles. The molecule has 0 unspecified atom stereocenters. The zero-order valence-electron chi connectivity index (χ0n) is 14.1. The second kappa shape index (κ2) is 8.01. The summed E-state index contributed by atoms with van der Waals surface area (Å²) in [6, 6.07) is 9.79. The van der Waals surface area contributed by atoms with Gasteiger partial charge in [-0.2, -0.15) is 0 Å². The highest BCUT2D eigenvalue weighted by atomic mass is 35.5. The lowest BCUT2D eigenvalue weighted by Gasteiger charge is -2.10. The summed E-state index contributed by atoms with van der Waals surface area (Å²) in [5, 5.41) is 5.93. The molecule has 1 amide bonds. The van der Waals surface area contributed by atoms with Crippen molar-refractivity contribution in [3.8, 4) is 5.75 Å². The third-order valence-corrected chi connectivity index (χ3v) is 3.91. The van der Waals surface area contributed by atoms with Crippen molar-refractivity contribution in [2.75, 3.05) is 17.7 Å². The van der Waals surface area contributed by atoms with Gasteiger partial charge in [0, 0.05) is 23.6 Å². The minimum absolute atomic E-state index is 0.273. The van der Waals surface area contributed by atoms with Crippen LogP contribution < -0.4 is 15.4 Å². The average Bonchev–Trinajstić information content (AvgIpc) is 2.65. The fraction of sp³-hybridized carbons (Fsp3) is 0.0526. The van der Waals surface area contributed by atoms with Gasteiger partial charge in [-0.3, -0.25) is 9.78 Å². The summed E-state index contributed by atoms with van der Waals surface area (Å²) in [6.45, 7) is 0. The van der Waals surface area contributed by atoms with Crippen molar-refractivity contribution in [3.63, 3.8) is 0 Å². The van der Waals surface area contributed by atoms with Crippen molar-refractivity contribution in [2.45, 2.75) is 0 Å². The van der Waals surface area contributed by atoms with Crippen LogP contribution in [0, 0.1) is 11.6 Å². The van der Waals surface area contributed by atoms with Gasteiger partial charge in [-0.05, 0) is 36.4 Å². The molecule has 0 radical (unpaired) electrons. The van der Waals surface area contributed by atoms with E-state index in [2.05, 4.69) is 15.6 Å². The Hall–Kier alpha value is -3.19. The van der Waals surface area contributed by atoms with Crippen LogP contribution in [0.2, 0.25) is 5.02 Å². The Morgan fingerprint density at radius 1 is 1.00 bits per heavy atom. The maximum Gasteiger partial charge on any atom is 0.257 e. The van der Waals surface area contributed by atoms with Gasteiger partial charge < -0.3 is 15.4 Å². The predicted molar refractivity (Wildman–Crippen MR) is 99.8 cm³/mol. The van der Waals surface area contributed by atoms with Gasteiger partial charge in [-0.15, -0.1) is 0 Å². The molecule has 138 valence electrons. The van der Waals surface area contributed by atoms with Gasteiger partial charge in [0.25, 0.3) is 5.91 Å². The van der Waals surface area contributed by atoms with E-state index in [9.17, 15) is 13.6 Å². The Kier molecular flexibility index (Phi) is 5.52. The van der Waals surface area contributed by atoms with Gasteiger partial charge in [0.05, 0.1) is 29.6 Å². The Morgan fingerprint density at radius 2 is 1.78 bits per heavy atom. The first-order valence-electron chi connectivity index (χ1n) is 7.78. The number of aromatic nitrogens is 1. The number of pyridine rings is 1. The molecule has 0 aliphatic heterocycles. The van der Waals surface area contributed by atoms with E-state index in [-0.39, 0.29) is 5.56 Å². The SMILES string of the molecule is COc1ccc(NC(=O)c2cncc(Nc3ccc(F)c(F)c3)c2)cc1Cl. The standard InChI is InChI=1S/C19H14ClF2N3O2/c1-27-18-5-3-12(7-15(18)20)25-19(26)11-6-14(10-23-9-11)24-13-2-4-16(21)17(22)8-13/h2-10,24H,1H3,(H,25,26). The third kappa shape index (κ3) is 4.51. The molecule has 0 saturated carbocycles. The fourth-order valence-corrected chi connectivity index (χ4v) is 2.58. The lowest BCUT2D eigenvalue weighted by molar-refractivity contribution is 0.102.